The van der Waals surface area contributed by atoms with Gasteiger partial charge >= 0.3 is 0 Å². The fourth-order valence-corrected chi connectivity index (χ4v) is 4.28. The number of amides is 1. The molecule has 0 N–H and O–H groups in total. The van der Waals surface area contributed by atoms with Crippen LogP contribution in [0.5, 0.6) is 5.75 Å². The number of rotatable bonds is 6. The normalized spacial score (nSPS) is 17.2. The first kappa shape index (κ1) is 18.6. The topological polar surface area (TPSA) is 46.6 Å². The lowest BCUT2D eigenvalue weighted by Crippen LogP contribution is -2.39. The molecule has 2 heterocycles. The van der Waals surface area contributed by atoms with Gasteiger partial charge < -0.3 is 9.64 Å². The number of piperidine rings is 1. The highest BCUT2D eigenvalue weighted by atomic mass is 32.1. The van der Waals surface area contributed by atoms with E-state index < -0.39 is 0 Å². The van der Waals surface area contributed by atoms with Gasteiger partial charge in [0.2, 0.25) is 0 Å². The first-order chi connectivity index (χ1) is 12.6. The van der Waals surface area contributed by atoms with E-state index in [4.69, 9.17) is 4.74 Å². The number of ether oxygens (including phenoxy) is 1. The van der Waals surface area contributed by atoms with Gasteiger partial charge in [-0.1, -0.05) is 12.1 Å². The minimum Gasteiger partial charge on any atom is -0.497 e. The highest BCUT2D eigenvalue weighted by Crippen LogP contribution is 2.25. The molecule has 0 aliphatic carbocycles. The Morgan fingerprint density at radius 1 is 1.31 bits per heavy atom. The Bertz CT molecular complexity index is 783. The zero-order valence-corrected chi connectivity index (χ0v) is 16.2. The second-order valence-corrected chi connectivity index (χ2v) is 7.82. The molecule has 0 radical (unpaired) electrons. The van der Waals surface area contributed by atoms with Crippen molar-refractivity contribution in [3.8, 4) is 5.75 Å². The molecule has 1 aliphatic heterocycles. The number of hydrogen-bond donors (Lipinski definition) is 0. The predicted octanol–water partition coefficient (Wildman–Crippen LogP) is 4.44. The zero-order chi connectivity index (χ0) is 18.5. The molecule has 1 aromatic heterocycles. The lowest BCUT2D eigenvalue weighted by molar-refractivity contribution is 0.0669. The van der Waals surface area contributed by atoms with E-state index in [1.54, 1.807) is 18.6 Å². The molecule has 1 unspecified atom stereocenters. The predicted molar refractivity (Wildman–Crippen MR) is 104 cm³/mol. The summed E-state index contributed by atoms with van der Waals surface area (Å²) < 4.78 is 5.29. The van der Waals surface area contributed by atoms with Crippen molar-refractivity contribution in [1.29, 1.82) is 0 Å². The van der Waals surface area contributed by atoms with E-state index in [1.807, 2.05) is 17.0 Å². The molecule has 0 bridgehead atoms. The second kappa shape index (κ2) is 8.49. The van der Waals surface area contributed by atoms with Gasteiger partial charge in [0.25, 0.3) is 5.91 Å². The Labute approximate surface area is 158 Å². The fraction of sp³-hybridized carbons (Fsp3) is 0.429. The van der Waals surface area contributed by atoms with E-state index in [0.717, 1.165) is 44.5 Å². The van der Waals surface area contributed by atoms with Crippen LogP contribution in [0.25, 0.3) is 0 Å². The van der Waals surface area contributed by atoms with Crippen LogP contribution in [0.2, 0.25) is 0 Å². The first-order valence-electron chi connectivity index (χ1n) is 9.08. The van der Waals surface area contributed by atoms with Crippen LogP contribution in [0.4, 0.5) is 0 Å². The van der Waals surface area contributed by atoms with Crippen LogP contribution in [0.15, 0.2) is 35.7 Å². The van der Waals surface area contributed by atoms with Gasteiger partial charge in [0.15, 0.2) is 5.78 Å². The Kier molecular flexibility index (Phi) is 6.09. The molecule has 4 nitrogen and oxygen atoms in total. The molecule has 0 spiro atoms. The van der Waals surface area contributed by atoms with Gasteiger partial charge in [-0.15, -0.1) is 11.3 Å². The Morgan fingerprint density at radius 3 is 2.88 bits per heavy atom. The molecule has 1 aliphatic rings. The molecule has 1 fully saturated rings. The average Bonchev–Trinajstić information content (AvgIpc) is 3.17. The molecule has 2 aromatic rings. The van der Waals surface area contributed by atoms with E-state index in [2.05, 4.69) is 12.1 Å². The number of nitrogens with zero attached hydrogens (tertiary/aromatic N) is 1. The van der Waals surface area contributed by atoms with Crippen LogP contribution in [0.3, 0.4) is 0 Å². The minimum absolute atomic E-state index is 0.0175. The largest absolute Gasteiger partial charge is 0.497 e. The molecule has 1 saturated heterocycles. The van der Waals surface area contributed by atoms with Crippen molar-refractivity contribution in [2.75, 3.05) is 20.2 Å². The second-order valence-electron chi connectivity index (χ2n) is 6.91. The third-order valence-corrected chi connectivity index (χ3v) is 6.01. The summed E-state index contributed by atoms with van der Waals surface area (Å²) in [6.07, 6.45) is 4.27. The maximum absolute atomic E-state index is 12.7. The van der Waals surface area contributed by atoms with E-state index in [0.29, 0.717) is 16.4 Å². The number of Topliss-reactive ketones (excluding diaryl/α,β-unsaturated/α-hetero) is 1. The molecule has 138 valence electrons. The van der Waals surface area contributed by atoms with Crippen molar-refractivity contribution in [2.45, 2.75) is 32.6 Å². The van der Waals surface area contributed by atoms with Gasteiger partial charge in [0.1, 0.15) is 5.75 Å². The van der Waals surface area contributed by atoms with Crippen LogP contribution >= 0.6 is 11.3 Å². The van der Waals surface area contributed by atoms with Gasteiger partial charge in [0.05, 0.1) is 17.6 Å². The SMILES string of the molecule is COc1cccc(CCC2CCCN(C(=O)c3csc(C(C)=O)c3)C2)c1. The molecule has 1 atom stereocenters. The number of carbonyl (C=O) groups is 2. The lowest BCUT2D eigenvalue weighted by Gasteiger charge is -2.32. The summed E-state index contributed by atoms with van der Waals surface area (Å²) in [5, 5.41) is 1.80. The first-order valence-corrected chi connectivity index (χ1v) is 9.96. The molecule has 1 amide bonds. The zero-order valence-electron chi connectivity index (χ0n) is 15.4. The standard InChI is InChI=1S/C21H25NO3S/c1-15(23)20-12-18(14-26-20)21(24)22-10-4-6-17(13-22)9-8-16-5-3-7-19(11-16)25-2/h3,5,7,11-12,14,17H,4,6,8-10,13H2,1-2H3. The molecular formula is C21H25NO3S. The molecular weight excluding hydrogens is 346 g/mol. The number of likely N-dealkylation sites (tertiary alicyclic amines) is 1. The van der Waals surface area contributed by atoms with Crippen molar-refractivity contribution >= 4 is 23.0 Å². The van der Waals surface area contributed by atoms with E-state index in [9.17, 15) is 9.59 Å². The quantitative estimate of drug-likeness (QED) is 0.705. The Morgan fingerprint density at radius 2 is 2.15 bits per heavy atom. The van der Waals surface area contributed by atoms with Crippen molar-refractivity contribution in [3.05, 3.63) is 51.7 Å². The molecule has 26 heavy (non-hydrogen) atoms. The van der Waals surface area contributed by atoms with Crippen LogP contribution in [0.1, 0.15) is 51.8 Å². The van der Waals surface area contributed by atoms with Gasteiger partial charge in [-0.05, 0) is 62.3 Å². The van der Waals surface area contributed by atoms with Gasteiger partial charge in [-0.25, -0.2) is 0 Å². The maximum atomic E-state index is 12.7. The van der Waals surface area contributed by atoms with Crippen LogP contribution in [-0.2, 0) is 6.42 Å². The summed E-state index contributed by atoms with van der Waals surface area (Å²) in [6, 6.07) is 9.92. The fourth-order valence-electron chi connectivity index (χ4n) is 3.50. The molecule has 3 rings (SSSR count). The Balaban J connectivity index is 1.57. The summed E-state index contributed by atoms with van der Waals surface area (Å²) in [4.78, 5) is 26.8. The van der Waals surface area contributed by atoms with Crippen molar-refractivity contribution in [2.24, 2.45) is 5.92 Å². The number of carbonyl (C=O) groups excluding carboxylic acids is 2. The average molecular weight is 372 g/mol. The molecule has 1 aromatic carbocycles. The highest BCUT2D eigenvalue weighted by molar-refractivity contribution is 7.12. The van der Waals surface area contributed by atoms with Crippen molar-refractivity contribution in [1.82, 2.24) is 4.90 Å². The van der Waals surface area contributed by atoms with Crippen LogP contribution in [-0.4, -0.2) is 36.8 Å². The summed E-state index contributed by atoms with van der Waals surface area (Å²) in [6.45, 7) is 3.14. The van der Waals surface area contributed by atoms with Crippen LogP contribution < -0.4 is 4.74 Å². The summed E-state index contributed by atoms with van der Waals surface area (Å²) in [5.74, 6) is 1.48. The summed E-state index contributed by atoms with van der Waals surface area (Å²) in [5.41, 5.74) is 1.92. The smallest absolute Gasteiger partial charge is 0.254 e. The number of ketones is 1. The molecule has 0 saturated carbocycles. The number of benzene rings is 1. The highest BCUT2D eigenvalue weighted by Gasteiger charge is 2.25. The number of methoxy groups -OCH3 is 1. The number of thiophene rings is 1. The minimum atomic E-state index is 0.0175. The van der Waals surface area contributed by atoms with E-state index in [-0.39, 0.29) is 11.7 Å². The van der Waals surface area contributed by atoms with Gasteiger partial charge in [-0.3, -0.25) is 9.59 Å². The molecule has 5 heteroatoms. The van der Waals surface area contributed by atoms with Gasteiger partial charge in [-0.2, -0.15) is 0 Å². The third kappa shape index (κ3) is 4.52. The van der Waals surface area contributed by atoms with Crippen molar-refractivity contribution < 1.29 is 14.3 Å². The lowest BCUT2D eigenvalue weighted by atomic mass is 9.91. The number of aryl methyl sites for hydroxylation is 1. The monoisotopic (exact) mass is 371 g/mol. The summed E-state index contributed by atoms with van der Waals surface area (Å²) in [7, 11) is 1.69. The summed E-state index contributed by atoms with van der Waals surface area (Å²) >= 11 is 1.35. The van der Waals surface area contributed by atoms with E-state index in [1.165, 1.54) is 23.8 Å². The van der Waals surface area contributed by atoms with E-state index >= 15 is 0 Å². The number of hydrogen-bond acceptors (Lipinski definition) is 4. The van der Waals surface area contributed by atoms with Gasteiger partial charge in [0, 0.05) is 18.5 Å². The third-order valence-electron chi connectivity index (χ3n) is 4.98. The van der Waals surface area contributed by atoms with Crippen molar-refractivity contribution in [3.63, 3.8) is 0 Å². The maximum Gasteiger partial charge on any atom is 0.254 e. The Hall–Kier alpha value is -2.14. The van der Waals surface area contributed by atoms with Crippen LogP contribution in [0, 0.1) is 5.92 Å².